The molecule has 1 N–H and O–H groups in total. The van der Waals surface area contributed by atoms with Gasteiger partial charge in [0.15, 0.2) is 6.61 Å². The van der Waals surface area contributed by atoms with E-state index in [1.807, 2.05) is 12.1 Å². The lowest BCUT2D eigenvalue weighted by atomic mass is 10.1. The van der Waals surface area contributed by atoms with Crippen molar-refractivity contribution in [3.63, 3.8) is 0 Å². The van der Waals surface area contributed by atoms with Gasteiger partial charge in [0, 0.05) is 6.42 Å². The number of aryl methyl sites for hydroxylation is 1. The summed E-state index contributed by atoms with van der Waals surface area (Å²) in [6, 6.07) is 5.53. The molecule has 1 aromatic rings. The summed E-state index contributed by atoms with van der Waals surface area (Å²) in [4.78, 5) is 21.3. The first kappa shape index (κ1) is 9.71. The van der Waals surface area contributed by atoms with Gasteiger partial charge in [-0.05, 0) is 18.1 Å². The zero-order valence-electron chi connectivity index (χ0n) is 8.16. The van der Waals surface area contributed by atoms with Gasteiger partial charge in [0.1, 0.15) is 12.0 Å². The summed E-state index contributed by atoms with van der Waals surface area (Å²) in [7, 11) is 0. The van der Waals surface area contributed by atoms with Gasteiger partial charge in [0.25, 0.3) is 5.91 Å². The summed E-state index contributed by atoms with van der Waals surface area (Å²) < 4.78 is 5.34. The quantitative estimate of drug-likeness (QED) is 0.753. The minimum absolute atomic E-state index is 0.0467. The number of para-hydroxylation sites is 1. The van der Waals surface area contributed by atoms with E-state index in [1.165, 1.54) is 0 Å². The van der Waals surface area contributed by atoms with Crippen LogP contribution in [0.25, 0.3) is 0 Å². The molecule has 0 atom stereocenters. The first-order chi connectivity index (χ1) is 7.31. The van der Waals surface area contributed by atoms with Gasteiger partial charge in [-0.2, -0.15) is 0 Å². The van der Waals surface area contributed by atoms with Gasteiger partial charge in [0.05, 0.1) is 5.69 Å². The zero-order chi connectivity index (χ0) is 10.7. The van der Waals surface area contributed by atoms with Gasteiger partial charge in [-0.3, -0.25) is 4.79 Å². The van der Waals surface area contributed by atoms with Crippen molar-refractivity contribution in [1.82, 2.24) is 0 Å². The van der Waals surface area contributed by atoms with Crippen LogP contribution in [0, 0.1) is 0 Å². The maximum atomic E-state index is 11.1. The molecule has 1 heterocycles. The third kappa shape index (κ3) is 1.98. The molecule has 1 aliphatic heterocycles. The van der Waals surface area contributed by atoms with Crippen LogP contribution in [0.2, 0.25) is 0 Å². The Bertz CT molecular complexity index is 401. The molecular formula is C11H11NO3. The zero-order valence-corrected chi connectivity index (χ0v) is 8.16. The largest absolute Gasteiger partial charge is 0.481 e. The SMILES string of the molecule is O=CCCc1cccc2c1OCC(=O)N2. The second kappa shape index (κ2) is 4.13. The van der Waals surface area contributed by atoms with E-state index < -0.39 is 0 Å². The predicted octanol–water partition coefficient (Wildman–Crippen LogP) is 1.15. The molecule has 15 heavy (non-hydrogen) atoms. The van der Waals surface area contributed by atoms with Crippen LogP contribution in [-0.2, 0) is 16.0 Å². The Hall–Kier alpha value is -1.84. The van der Waals surface area contributed by atoms with Gasteiger partial charge >= 0.3 is 0 Å². The molecule has 0 unspecified atom stereocenters. The molecule has 1 aromatic carbocycles. The Kier molecular flexibility index (Phi) is 2.67. The molecule has 2 rings (SSSR count). The summed E-state index contributed by atoms with van der Waals surface area (Å²) in [6.45, 7) is 0.0467. The van der Waals surface area contributed by atoms with Crippen LogP contribution in [0.1, 0.15) is 12.0 Å². The van der Waals surface area contributed by atoms with E-state index in [-0.39, 0.29) is 12.5 Å². The normalized spacial score (nSPS) is 13.7. The summed E-state index contributed by atoms with van der Waals surface area (Å²) in [5.41, 5.74) is 1.65. The molecule has 0 spiro atoms. The number of benzene rings is 1. The molecule has 0 aliphatic carbocycles. The second-order valence-electron chi connectivity index (χ2n) is 3.34. The molecule has 1 aliphatic rings. The number of carbonyl (C=O) groups is 2. The molecule has 0 fully saturated rings. The van der Waals surface area contributed by atoms with E-state index in [2.05, 4.69) is 5.32 Å². The Morgan fingerprint density at radius 3 is 3.13 bits per heavy atom. The van der Waals surface area contributed by atoms with Gasteiger partial charge in [-0.15, -0.1) is 0 Å². The van der Waals surface area contributed by atoms with Crippen molar-refractivity contribution in [3.8, 4) is 5.75 Å². The number of hydrogen-bond acceptors (Lipinski definition) is 3. The number of rotatable bonds is 3. The van der Waals surface area contributed by atoms with E-state index in [0.717, 1.165) is 11.8 Å². The Balaban J connectivity index is 2.28. The highest BCUT2D eigenvalue weighted by molar-refractivity contribution is 5.95. The second-order valence-corrected chi connectivity index (χ2v) is 3.34. The highest BCUT2D eigenvalue weighted by Crippen LogP contribution is 2.31. The first-order valence-corrected chi connectivity index (χ1v) is 4.79. The first-order valence-electron chi connectivity index (χ1n) is 4.79. The van der Waals surface area contributed by atoms with Crippen molar-refractivity contribution in [2.24, 2.45) is 0 Å². The predicted molar refractivity (Wildman–Crippen MR) is 55.0 cm³/mol. The summed E-state index contributed by atoms with van der Waals surface area (Å²) in [6.07, 6.45) is 1.98. The molecule has 1 amide bonds. The molecular weight excluding hydrogens is 194 g/mol. The number of amides is 1. The average molecular weight is 205 g/mol. The monoisotopic (exact) mass is 205 g/mol. The van der Waals surface area contributed by atoms with E-state index in [1.54, 1.807) is 6.07 Å². The lowest BCUT2D eigenvalue weighted by molar-refractivity contribution is -0.118. The van der Waals surface area contributed by atoms with Crippen molar-refractivity contribution in [2.75, 3.05) is 11.9 Å². The third-order valence-corrected chi connectivity index (χ3v) is 2.25. The Morgan fingerprint density at radius 2 is 2.33 bits per heavy atom. The van der Waals surface area contributed by atoms with Crippen molar-refractivity contribution in [3.05, 3.63) is 23.8 Å². The summed E-state index contributed by atoms with van der Waals surface area (Å²) in [5.74, 6) is 0.550. The van der Waals surface area contributed by atoms with Crippen molar-refractivity contribution in [1.29, 1.82) is 0 Å². The van der Waals surface area contributed by atoms with E-state index >= 15 is 0 Å². The molecule has 0 aromatic heterocycles. The van der Waals surface area contributed by atoms with Crippen molar-refractivity contribution >= 4 is 17.9 Å². The number of carbonyl (C=O) groups excluding carboxylic acids is 2. The molecule has 0 radical (unpaired) electrons. The maximum Gasteiger partial charge on any atom is 0.262 e. The molecule has 4 heteroatoms. The molecule has 4 nitrogen and oxygen atoms in total. The maximum absolute atomic E-state index is 11.1. The van der Waals surface area contributed by atoms with E-state index in [9.17, 15) is 9.59 Å². The number of fused-ring (bicyclic) bond motifs is 1. The Labute approximate surface area is 87.2 Å². The van der Waals surface area contributed by atoms with Crippen LogP contribution in [0.15, 0.2) is 18.2 Å². The van der Waals surface area contributed by atoms with Gasteiger partial charge in [0.2, 0.25) is 0 Å². The standard InChI is InChI=1S/C11H11NO3/c13-6-2-4-8-3-1-5-9-11(8)15-7-10(14)12-9/h1,3,5-6H,2,4,7H2,(H,12,14). The van der Waals surface area contributed by atoms with Crippen LogP contribution in [0.5, 0.6) is 5.75 Å². The van der Waals surface area contributed by atoms with Crippen LogP contribution in [0.4, 0.5) is 5.69 Å². The van der Waals surface area contributed by atoms with Gasteiger partial charge in [-0.1, -0.05) is 12.1 Å². The summed E-state index contributed by atoms with van der Waals surface area (Å²) in [5, 5.41) is 2.72. The minimum atomic E-state index is -0.143. The van der Waals surface area contributed by atoms with E-state index in [4.69, 9.17) is 4.74 Å². The van der Waals surface area contributed by atoms with Gasteiger partial charge in [-0.25, -0.2) is 0 Å². The van der Waals surface area contributed by atoms with Gasteiger partial charge < -0.3 is 14.8 Å². The third-order valence-electron chi connectivity index (χ3n) is 2.25. The molecule has 0 saturated heterocycles. The minimum Gasteiger partial charge on any atom is -0.481 e. The van der Waals surface area contributed by atoms with Crippen LogP contribution in [-0.4, -0.2) is 18.8 Å². The lowest BCUT2D eigenvalue weighted by Gasteiger charge is -2.20. The number of nitrogens with one attached hydrogen (secondary N) is 1. The topological polar surface area (TPSA) is 55.4 Å². The highest BCUT2D eigenvalue weighted by Gasteiger charge is 2.18. The van der Waals surface area contributed by atoms with Crippen LogP contribution < -0.4 is 10.1 Å². The lowest BCUT2D eigenvalue weighted by Crippen LogP contribution is -2.26. The van der Waals surface area contributed by atoms with Crippen LogP contribution in [0.3, 0.4) is 0 Å². The molecule has 78 valence electrons. The molecule has 0 saturated carbocycles. The molecule has 0 bridgehead atoms. The summed E-state index contributed by atoms with van der Waals surface area (Å²) >= 11 is 0. The van der Waals surface area contributed by atoms with E-state index in [0.29, 0.717) is 24.3 Å². The fourth-order valence-corrected chi connectivity index (χ4v) is 1.59. The fourth-order valence-electron chi connectivity index (χ4n) is 1.59. The Morgan fingerprint density at radius 1 is 1.47 bits per heavy atom. The fraction of sp³-hybridized carbons (Fsp3) is 0.273. The average Bonchev–Trinajstić information content (AvgIpc) is 2.25. The smallest absolute Gasteiger partial charge is 0.262 e. The van der Waals surface area contributed by atoms with Crippen molar-refractivity contribution in [2.45, 2.75) is 12.8 Å². The highest BCUT2D eigenvalue weighted by atomic mass is 16.5. The number of ether oxygens (including phenoxy) is 1. The number of hydrogen-bond donors (Lipinski definition) is 1. The van der Waals surface area contributed by atoms with Crippen LogP contribution >= 0.6 is 0 Å². The van der Waals surface area contributed by atoms with Crippen molar-refractivity contribution < 1.29 is 14.3 Å². The number of anilines is 1. The number of aldehydes is 1.